The average molecular weight is 875 g/mol. The van der Waals surface area contributed by atoms with E-state index in [0.29, 0.717) is 0 Å². The van der Waals surface area contributed by atoms with Crippen molar-refractivity contribution in [1.29, 1.82) is 0 Å². The minimum Gasteiger partial charge on any atom is -0.456 e. The van der Waals surface area contributed by atoms with Crippen LogP contribution in [0.4, 0.5) is 34.1 Å². The summed E-state index contributed by atoms with van der Waals surface area (Å²) in [5, 5.41) is 6.52. The fraction of sp³-hybridized carbons (Fsp3) is 0.0938. The predicted octanol–water partition coefficient (Wildman–Crippen LogP) is 18.2. The van der Waals surface area contributed by atoms with Crippen molar-refractivity contribution < 1.29 is 8.83 Å². The average Bonchev–Trinajstić information content (AvgIpc) is 4.04. The van der Waals surface area contributed by atoms with E-state index in [4.69, 9.17) is 8.83 Å². The lowest BCUT2D eigenvalue weighted by Gasteiger charge is -2.28. The fourth-order valence-corrected chi connectivity index (χ4v) is 11.8. The van der Waals surface area contributed by atoms with Crippen LogP contribution >= 0.6 is 0 Å². The number of fused-ring (bicyclic) bond motifs is 13. The Morgan fingerprint density at radius 3 is 1.09 bits per heavy atom. The lowest BCUT2D eigenvalue weighted by Crippen LogP contribution is -2.16. The number of hydrogen-bond acceptors (Lipinski definition) is 4. The Morgan fingerprint density at radius 2 is 0.632 bits per heavy atom. The summed E-state index contributed by atoms with van der Waals surface area (Å²) in [5.41, 5.74) is 20.5. The monoisotopic (exact) mass is 874 g/mol. The molecule has 4 nitrogen and oxygen atoms in total. The topological polar surface area (TPSA) is 32.8 Å². The van der Waals surface area contributed by atoms with E-state index in [0.717, 1.165) is 88.8 Å². The van der Waals surface area contributed by atoms with Gasteiger partial charge in [0, 0.05) is 66.5 Å². The summed E-state index contributed by atoms with van der Waals surface area (Å²) in [6.07, 6.45) is 0. The van der Waals surface area contributed by atoms with Gasteiger partial charge in [-0.2, -0.15) is 0 Å². The normalized spacial score (nSPS) is 14.1. The van der Waals surface area contributed by atoms with Gasteiger partial charge in [0.15, 0.2) is 0 Å². The zero-order chi connectivity index (χ0) is 45.5. The molecule has 0 aliphatic heterocycles. The van der Waals surface area contributed by atoms with Gasteiger partial charge < -0.3 is 18.6 Å². The first-order chi connectivity index (χ1) is 33.2. The van der Waals surface area contributed by atoms with Crippen molar-refractivity contribution in [2.24, 2.45) is 0 Å². The third-order valence-corrected chi connectivity index (χ3v) is 15.2. The number of nitrogens with zero attached hydrogens (tertiary/aromatic N) is 2. The van der Waals surface area contributed by atoms with Gasteiger partial charge in [-0.15, -0.1) is 0 Å². The van der Waals surface area contributed by atoms with Crippen molar-refractivity contribution in [3.63, 3.8) is 0 Å². The van der Waals surface area contributed by atoms with E-state index in [1.807, 2.05) is 0 Å². The molecule has 0 spiro atoms. The van der Waals surface area contributed by atoms with Crippen LogP contribution in [-0.2, 0) is 10.8 Å². The molecule has 2 heterocycles. The van der Waals surface area contributed by atoms with Gasteiger partial charge in [-0.1, -0.05) is 125 Å². The highest BCUT2D eigenvalue weighted by Gasteiger charge is 2.37. The second-order valence-electron chi connectivity index (χ2n) is 19.8. The largest absolute Gasteiger partial charge is 0.456 e. The van der Waals surface area contributed by atoms with E-state index in [-0.39, 0.29) is 10.8 Å². The van der Waals surface area contributed by atoms with Crippen molar-refractivity contribution in [1.82, 2.24) is 0 Å². The second kappa shape index (κ2) is 14.1. The molecule has 0 radical (unpaired) electrons. The maximum Gasteiger partial charge on any atom is 0.136 e. The quantitative estimate of drug-likeness (QED) is 0.167. The number of para-hydroxylation sites is 2. The van der Waals surface area contributed by atoms with Gasteiger partial charge in [0.25, 0.3) is 0 Å². The standard InChI is InChI=1S/C64H46N2O2/c1-63(2)55-21-13-11-19-47(55)49-27-23-45(37-57(49)63)65(41-15-7-5-8-16-41)43-25-29-59-53(35-43)51-31-39-32-52-54-36-44(26-30-60(54)68-62(52)34-40(39)33-61(51)67-59)66(42-17-9-6-10-18-42)46-24-28-50-48-20-12-14-22-56(48)64(3,4)58(50)38-46/h5-38H,1-4H3. The summed E-state index contributed by atoms with van der Waals surface area (Å²) >= 11 is 0. The Morgan fingerprint density at radius 1 is 0.279 bits per heavy atom. The Bertz CT molecular complexity index is 3780. The molecule has 324 valence electrons. The molecule has 0 bridgehead atoms. The molecule has 0 N–H and O–H groups in total. The maximum absolute atomic E-state index is 6.63. The molecule has 0 atom stereocenters. The van der Waals surface area contributed by atoms with E-state index < -0.39 is 0 Å². The zero-order valence-electron chi connectivity index (χ0n) is 38.3. The minimum absolute atomic E-state index is 0.113. The third-order valence-electron chi connectivity index (χ3n) is 15.2. The Kier molecular flexibility index (Phi) is 8.06. The number of anilines is 6. The van der Waals surface area contributed by atoms with E-state index in [2.05, 4.69) is 244 Å². The molecule has 2 aliphatic rings. The smallest absolute Gasteiger partial charge is 0.136 e. The van der Waals surface area contributed by atoms with E-state index in [9.17, 15) is 0 Å². The Hall–Kier alpha value is -8.34. The molecule has 68 heavy (non-hydrogen) atoms. The molecule has 0 saturated carbocycles. The highest BCUT2D eigenvalue weighted by atomic mass is 16.3. The molecule has 2 aromatic heterocycles. The van der Waals surface area contributed by atoms with E-state index in [1.165, 1.54) is 44.5 Å². The minimum atomic E-state index is -0.113. The third kappa shape index (κ3) is 5.61. The first-order valence-electron chi connectivity index (χ1n) is 23.6. The Balaban J connectivity index is 0.891. The van der Waals surface area contributed by atoms with Gasteiger partial charge >= 0.3 is 0 Å². The van der Waals surface area contributed by atoms with Crippen molar-refractivity contribution in [2.45, 2.75) is 38.5 Å². The first kappa shape index (κ1) is 38.9. The van der Waals surface area contributed by atoms with Crippen LogP contribution in [0.2, 0.25) is 0 Å². The molecule has 0 fully saturated rings. The van der Waals surface area contributed by atoms with Crippen LogP contribution in [-0.4, -0.2) is 0 Å². The highest BCUT2D eigenvalue weighted by Crippen LogP contribution is 2.53. The summed E-state index contributed by atoms with van der Waals surface area (Å²) in [7, 11) is 0. The van der Waals surface area contributed by atoms with Crippen LogP contribution in [0, 0.1) is 0 Å². The van der Waals surface area contributed by atoms with Crippen molar-refractivity contribution in [3.05, 3.63) is 229 Å². The van der Waals surface area contributed by atoms with Crippen LogP contribution in [0.15, 0.2) is 215 Å². The molecule has 0 saturated heterocycles. The zero-order valence-corrected chi connectivity index (χ0v) is 38.3. The molecule has 12 aromatic rings. The molecular weight excluding hydrogens is 829 g/mol. The van der Waals surface area contributed by atoms with E-state index >= 15 is 0 Å². The van der Waals surface area contributed by atoms with Gasteiger partial charge in [0.1, 0.15) is 22.3 Å². The SMILES string of the molecule is CC1(C)c2ccccc2-c2ccc(N(c3ccccc3)c3ccc4oc5cc6cc7oc8ccc(N(c9ccccc9)c9ccc%10c(c9)C(C)(C)c9ccccc9-%10)cc8c7cc6cc5c4c3)cc21. The molecular formula is C64H46N2O2. The van der Waals surface area contributed by atoms with Gasteiger partial charge in [0.05, 0.1) is 0 Å². The molecule has 10 aromatic carbocycles. The number of furan rings is 2. The highest BCUT2D eigenvalue weighted by molar-refractivity contribution is 6.16. The maximum atomic E-state index is 6.63. The van der Waals surface area contributed by atoms with Gasteiger partial charge in [0.2, 0.25) is 0 Å². The molecule has 0 amide bonds. The summed E-state index contributed by atoms with van der Waals surface area (Å²) in [6, 6.07) is 75.1. The number of hydrogen-bond donors (Lipinski definition) is 0. The number of rotatable bonds is 6. The molecule has 4 heteroatoms. The lowest BCUT2D eigenvalue weighted by atomic mass is 9.82. The predicted molar refractivity (Wildman–Crippen MR) is 283 cm³/mol. The first-order valence-corrected chi connectivity index (χ1v) is 23.6. The van der Waals surface area contributed by atoms with Crippen LogP contribution in [0.1, 0.15) is 49.9 Å². The summed E-state index contributed by atoms with van der Waals surface area (Å²) < 4.78 is 13.3. The van der Waals surface area contributed by atoms with Gasteiger partial charge in [-0.25, -0.2) is 0 Å². The van der Waals surface area contributed by atoms with Crippen molar-refractivity contribution >= 4 is 88.8 Å². The summed E-state index contributed by atoms with van der Waals surface area (Å²) in [6.45, 7) is 9.37. The molecule has 0 unspecified atom stereocenters. The summed E-state index contributed by atoms with van der Waals surface area (Å²) in [5.74, 6) is 0. The van der Waals surface area contributed by atoms with Crippen molar-refractivity contribution in [3.8, 4) is 22.3 Å². The van der Waals surface area contributed by atoms with Gasteiger partial charge in [-0.3, -0.25) is 0 Å². The second-order valence-corrected chi connectivity index (χ2v) is 19.8. The van der Waals surface area contributed by atoms with Crippen LogP contribution in [0.5, 0.6) is 0 Å². The molecule has 14 rings (SSSR count). The number of benzene rings is 10. The lowest BCUT2D eigenvalue weighted by molar-refractivity contribution is 0.660. The molecule has 2 aliphatic carbocycles. The Labute approximate surface area is 394 Å². The van der Waals surface area contributed by atoms with Crippen LogP contribution in [0.3, 0.4) is 0 Å². The van der Waals surface area contributed by atoms with Gasteiger partial charge in [-0.05, 0) is 164 Å². The van der Waals surface area contributed by atoms with Crippen molar-refractivity contribution in [2.75, 3.05) is 9.80 Å². The van der Waals surface area contributed by atoms with Crippen LogP contribution < -0.4 is 9.80 Å². The van der Waals surface area contributed by atoms with E-state index in [1.54, 1.807) is 0 Å². The summed E-state index contributed by atoms with van der Waals surface area (Å²) in [4.78, 5) is 4.75. The van der Waals surface area contributed by atoms with Crippen LogP contribution in [0.25, 0.3) is 76.9 Å². The fourth-order valence-electron chi connectivity index (χ4n) is 11.8.